The van der Waals surface area contributed by atoms with E-state index in [1.54, 1.807) is 6.20 Å². The Labute approximate surface area is 147 Å². The van der Waals surface area contributed by atoms with E-state index in [0.717, 1.165) is 38.0 Å². The number of aryl methyl sites for hydroxylation is 1. The molecule has 0 aliphatic carbocycles. The van der Waals surface area contributed by atoms with Gasteiger partial charge in [-0.25, -0.2) is 9.97 Å². The normalized spacial score (nSPS) is 23.5. The molecule has 7 heteroatoms. The Kier molecular flexibility index (Phi) is 5.08. The van der Waals surface area contributed by atoms with Gasteiger partial charge in [-0.1, -0.05) is 18.7 Å². The molecule has 1 aromatic heterocycles. The lowest BCUT2D eigenvalue weighted by Gasteiger charge is -2.23. The van der Waals surface area contributed by atoms with Crippen molar-refractivity contribution in [3.8, 4) is 0 Å². The first kappa shape index (κ1) is 17.2. The van der Waals surface area contributed by atoms with Crippen molar-refractivity contribution in [3.05, 3.63) is 18.0 Å². The van der Waals surface area contributed by atoms with Gasteiger partial charge in [-0.05, 0) is 32.3 Å². The topological polar surface area (TPSA) is 66.4 Å². The van der Waals surface area contributed by atoms with E-state index in [0.29, 0.717) is 24.0 Å². The summed E-state index contributed by atoms with van der Waals surface area (Å²) in [4.78, 5) is 37.4. The third-order valence-electron chi connectivity index (χ3n) is 4.90. The standard InChI is InChI=1S/C17H24N4O2S/c1-3-8-20-9-5-17(15(20)23)6-10-21(12-17)14(22)11-24-16-18-7-4-13(2)19-16/h4,7H,3,5-6,8-12H2,1-2H3. The summed E-state index contributed by atoms with van der Waals surface area (Å²) in [6.07, 6.45) is 4.37. The number of hydrogen-bond donors (Lipinski definition) is 0. The van der Waals surface area contributed by atoms with Gasteiger partial charge in [0.15, 0.2) is 5.16 Å². The van der Waals surface area contributed by atoms with Crippen LogP contribution in [0.25, 0.3) is 0 Å². The minimum Gasteiger partial charge on any atom is -0.342 e. The molecule has 3 heterocycles. The third kappa shape index (κ3) is 3.41. The number of hydrogen-bond acceptors (Lipinski definition) is 5. The molecule has 24 heavy (non-hydrogen) atoms. The van der Waals surface area contributed by atoms with Gasteiger partial charge in [0.05, 0.1) is 11.2 Å². The van der Waals surface area contributed by atoms with Crippen molar-refractivity contribution in [1.29, 1.82) is 0 Å². The van der Waals surface area contributed by atoms with Crippen molar-refractivity contribution in [2.24, 2.45) is 5.41 Å². The van der Waals surface area contributed by atoms with Gasteiger partial charge >= 0.3 is 0 Å². The van der Waals surface area contributed by atoms with E-state index in [4.69, 9.17) is 0 Å². The van der Waals surface area contributed by atoms with Crippen LogP contribution in [0, 0.1) is 12.3 Å². The van der Waals surface area contributed by atoms with Crippen molar-refractivity contribution >= 4 is 23.6 Å². The number of aromatic nitrogens is 2. The van der Waals surface area contributed by atoms with Crippen molar-refractivity contribution in [2.75, 3.05) is 31.9 Å². The van der Waals surface area contributed by atoms with Gasteiger partial charge in [-0.15, -0.1) is 0 Å². The SMILES string of the molecule is CCCN1CCC2(CCN(C(=O)CSc3nccc(C)n3)C2)C1=O. The fourth-order valence-electron chi connectivity index (χ4n) is 3.55. The molecule has 0 radical (unpaired) electrons. The first-order valence-corrected chi connectivity index (χ1v) is 9.52. The zero-order valence-electron chi connectivity index (χ0n) is 14.3. The maximum absolute atomic E-state index is 12.7. The van der Waals surface area contributed by atoms with Crippen LogP contribution < -0.4 is 0 Å². The predicted molar refractivity (Wildman–Crippen MR) is 92.6 cm³/mol. The second-order valence-corrected chi connectivity index (χ2v) is 7.60. The molecule has 2 fully saturated rings. The smallest absolute Gasteiger partial charge is 0.233 e. The maximum atomic E-state index is 12.7. The van der Waals surface area contributed by atoms with Gasteiger partial charge in [-0.2, -0.15) is 0 Å². The zero-order chi connectivity index (χ0) is 17.2. The van der Waals surface area contributed by atoms with Crippen LogP contribution in [0.2, 0.25) is 0 Å². The first-order chi connectivity index (χ1) is 11.5. The number of thioether (sulfide) groups is 1. The molecule has 1 unspecified atom stereocenters. The number of amides is 2. The number of likely N-dealkylation sites (tertiary alicyclic amines) is 2. The van der Waals surface area contributed by atoms with Crippen molar-refractivity contribution in [3.63, 3.8) is 0 Å². The summed E-state index contributed by atoms with van der Waals surface area (Å²) in [6, 6.07) is 1.84. The number of carbonyl (C=O) groups excluding carboxylic acids is 2. The highest BCUT2D eigenvalue weighted by atomic mass is 32.2. The number of nitrogens with zero attached hydrogens (tertiary/aromatic N) is 4. The van der Waals surface area contributed by atoms with Crippen LogP contribution in [-0.2, 0) is 9.59 Å². The highest BCUT2D eigenvalue weighted by molar-refractivity contribution is 7.99. The van der Waals surface area contributed by atoms with Gasteiger partial charge in [0.1, 0.15) is 0 Å². The van der Waals surface area contributed by atoms with E-state index in [2.05, 4.69) is 16.9 Å². The Bertz CT molecular complexity index is 639. The fraction of sp³-hybridized carbons (Fsp3) is 0.647. The van der Waals surface area contributed by atoms with Crippen LogP contribution in [0.5, 0.6) is 0 Å². The Balaban J connectivity index is 1.55. The van der Waals surface area contributed by atoms with Gasteiger partial charge in [-0.3, -0.25) is 9.59 Å². The van der Waals surface area contributed by atoms with E-state index in [9.17, 15) is 9.59 Å². The van der Waals surface area contributed by atoms with Crippen LogP contribution in [0.1, 0.15) is 31.9 Å². The molecular formula is C17H24N4O2S. The largest absolute Gasteiger partial charge is 0.342 e. The lowest BCUT2D eigenvalue weighted by Crippen LogP contribution is -2.39. The summed E-state index contributed by atoms with van der Waals surface area (Å²) in [5.41, 5.74) is 0.572. The van der Waals surface area contributed by atoms with Crippen LogP contribution in [-0.4, -0.2) is 63.5 Å². The summed E-state index contributed by atoms with van der Waals surface area (Å²) < 4.78 is 0. The average Bonchev–Trinajstić information content (AvgIpc) is 3.13. The van der Waals surface area contributed by atoms with E-state index >= 15 is 0 Å². The molecule has 0 N–H and O–H groups in total. The molecule has 1 spiro atoms. The summed E-state index contributed by atoms with van der Waals surface area (Å²) in [7, 11) is 0. The predicted octanol–water partition coefficient (Wildman–Crippen LogP) is 1.74. The maximum Gasteiger partial charge on any atom is 0.233 e. The van der Waals surface area contributed by atoms with Crippen molar-refractivity contribution in [2.45, 2.75) is 38.3 Å². The van der Waals surface area contributed by atoms with Gasteiger partial charge in [0.25, 0.3) is 0 Å². The molecule has 2 saturated heterocycles. The molecule has 2 amide bonds. The highest BCUT2D eigenvalue weighted by Gasteiger charge is 2.51. The monoisotopic (exact) mass is 348 g/mol. The summed E-state index contributed by atoms with van der Waals surface area (Å²) in [6.45, 7) is 6.91. The Morgan fingerprint density at radius 2 is 2.17 bits per heavy atom. The fourth-order valence-corrected chi connectivity index (χ4v) is 4.33. The van der Waals surface area contributed by atoms with Gasteiger partial charge in [0.2, 0.25) is 11.8 Å². The van der Waals surface area contributed by atoms with Crippen LogP contribution in [0.15, 0.2) is 17.4 Å². The van der Waals surface area contributed by atoms with E-state index in [1.165, 1.54) is 11.8 Å². The highest BCUT2D eigenvalue weighted by Crippen LogP contribution is 2.40. The molecule has 1 atom stereocenters. The van der Waals surface area contributed by atoms with Crippen molar-refractivity contribution in [1.82, 2.24) is 19.8 Å². The van der Waals surface area contributed by atoms with Gasteiger partial charge < -0.3 is 9.80 Å². The molecule has 0 aromatic carbocycles. The zero-order valence-corrected chi connectivity index (χ0v) is 15.1. The lowest BCUT2D eigenvalue weighted by molar-refractivity contribution is -0.136. The summed E-state index contributed by atoms with van der Waals surface area (Å²) >= 11 is 1.36. The second-order valence-electron chi connectivity index (χ2n) is 6.66. The number of rotatable bonds is 5. The molecule has 130 valence electrons. The summed E-state index contributed by atoms with van der Waals surface area (Å²) in [5, 5.41) is 0.628. The van der Waals surface area contributed by atoms with Gasteiger partial charge in [0, 0.05) is 38.1 Å². The molecule has 1 aromatic rings. The van der Waals surface area contributed by atoms with Crippen LogP contribution in [0.3, 0.4) is 0 Å². The lowest BCUT2D eigenvalue weighted by atomic mass is 9.85. The minimum atomic E-state index is -0.324. The number of carbonyl (C=O) groups is 2. The molecule has 0 bridgehead atoms. The molecule has 2 aliphatic rings. The van der Waals surface area contributed by atoms with Crippen LogP contribution >= 0.6 is 11.8 Å². The Morgan fingerprint density at radius 3 is 2.92 bits per heavy atom. The average molecular weight is 348 g/mol. The first-order valence-electron chi connectivity index (χ1n) is 8.54. The second kappa shape index (κ2) is 7.09. The molecule has 2 aliphatic heterocycles. The summed E-state index contributed by atoms with van der Waals surface area (Å²) in [5.74, 6) is 0.643. The Hall–Kier alpha value is -1.63. The quantitative estimate of drug-likeness (QED) is 0.599. The van der Waals surface area contributed by atoms with E-state index < -0.39 is 0 Å². The Morgan fingerprint density at radius 1 is 1.38 bits per heavy atom. The van der Waals surface area contributed by atoms with Crippen molar-refractivity contribution < 1.29 is 9.59 Å². The van der Waals surface area contributed by atoms with E-state index in [1.807, 2.05) is 22.8 Å². The molecule has 6 nitrogen and oxygen atoms in total. The molecular weight excluding hydrogens is 324 g/mol. The molecule has 0 saturated carbocycles. The minimum absolute atomic E-state index is 0.0729. The third-order valence-corrected chi connectivity index (χ3v) is 5.74. The van der Waals surface area contributed by atoms with Crippen LogP contribution in [0.4, 0.5) is 0 Å². The van der Waals surface area contributed by atoms with E-state index in [-0.39, 0.29) is 17.2 Å². The molecule has 3 rings (SSSR count).